The Bertz CT molecular complexity index is 1120. The van der Waals surface area contributed by atoms with Crippen molar-refractivity contribution in [3.8, 4) is 0 Å². The van der Waals surface area contributed by atoms with Crippen molar-refractivity contribution >= 4 is 44.9 Å². The van der Waals surface area contributed by atoms with Gasteiger partial charge in [-0.15, -0.1) is 0 Å². The first-order chi connectivity index (χ1) is 13.9. The molecule has 0 aliphatic carbocycles. The van der Waals surface area contributed by atoms with Crippen LogP contribution in [0.25, 0.3) is 10.9 Å². The number of rotatable bonds is 4. The second-order valence-corrected chi connectivity index (χ2v) is 8.34. The molecular weight excluding hydrogens is 416 g/mol. The first-order valence-corrected chi connectivity index (χ1v) is 10.3. The number of H-pyrrole nitrogens is 1. The maximum absolute atomic E-state index is 13.1. The average molecular weight is 437 g/mol. The SMILES string of the molecule is COC(=O)c1cnc(N2CC[C@H](n3ccc4c(Cl)c(C)[nH]c4c3=O)[C@@H](OC)C2)s1. The summed E-state index contributed by atoms with van der Waals surface area (Å²) in [6, 6.07) is 1.75. The van der Waals surface area contributed by atoms with Gasteiger partial charge in [0.2, 0.25) is 0 Å². The summed E-state index contributed by atoms with van der Waals surface area (Å²) in [6.45, 7) is 3.09. The first-order valence-electron chi connectivity index (χ1n) is 9.15. The number of aromatic nitrogens is 3. The highest BCUT2D eigenvalue weighted by molar-refractivity contribution is 7.17. The normalized spacial score (nSPS) is 19.7. The first kappa shape index (κ1) is 19.9. The highest BCUT2D eigenvalue weighted by atomic mass is 35.5. The van der Waals surface area contributed by atoms with Gasteiger partial charge in [0.15, 0.2) is 5.13 Å². The third kappa shape index (κ3) is 3.43. The number of aryl methyl sites for hydroxylation is 1. The minimum Gasteiger partial charge on any atom is -0.465 e. The topological polar surface area (TPSA) is 89.5 Å². The van der Waals surface area contributed by atoms with E-state index in [4.69, 9.17) is 21.1 Å². The molecule has 3 aromatic heterocycles. The quantitative estimate of drug-likeness (QED) is 0.632. The summed E-state index contributed by atoms with van der Waals surface area (Å²) in [5, 5.41) is 2.04. The summed E-state index contributed by atoms with van der Waals surface area (Å²) in [5.74, 6) is -0.397. The van der Waals surface area contributed by atoms with Crippen molar-refractivity contribution in [1.29, 1.82) is 0 Å². The smallest absolute Gasteiger partial charge is 0.349 e. The molecule has 0 saturated carbocycles. The fraction of sp³-hybridized carbons (Fsp3) is 0.421. The molecule has 3 aromatic rings. The van der Waals surface area contributed by atoms with Gasteiger partial charge < -0.3 is 23.9 Å². The number of anilines is 1. The number of pyridine rings is 1. The molecule has 1 N–H and O–H groups in total. The molecule has 0 aromatic carbocycles. The standard InChI is InChI=1S/C19H21ClN4O4S/c1-10-15(20)11-4-7-24(17(25)16(11)22-10)12-5-6-23(9-13(12)27-2)19-21-8-14(29-19)18(26)28-3/h4,7-8,12-13,22H,5-6,9H2,1-3H3/t12-,13-/m0/s1. The lowest BCUT2D eigenvalue weighted by Gasteiger charge is -2.38. The molecule has 1 fully saturated rings. The van der Waals surface area contributed by atoms with Crippen LogP contribution in [0.4, 0.5) is 5.13 Å². The van der Waals surface area contributed by atoms with Gasteiger partial charge in [-0.3, -0.25) is 4.79 Å². The van der Waals surface area contributed by atoms with Gasteiger partial charge in [-0.25, -0.2) is 9.78 Å². The second kappa shape index (κ2) is 7.81. The zero-order valence-electron chi connectivity index (χ0n) is 16.3. The maximum atomic E-state index is 13.1. The molecule has 0 radical (unpaired) electrons. The van der Waals surface area contributed by atoms with E-state index in [-0.39, 0.29) is 17.7 Å². The number of nitrogens with one attached hydrogen (secondary N) is 1. The van der Waals surface area contributed by atoms with Crippen LogP contribution >= 0.6 is 22.9 Å². The van der Waals surface area contributed by atoms with Crippen molar-refractivity contribution < 1.29 is 14.3 Å². The molecule has 4 rings (SSSR count). The van der Waals surface area contributed by atoms with Crippen molar-refractivity contribution in [3.05, 3.63) is 44.4 Å². The minimum absolute atomic E-state index is 0.111. The van der Waals surface area contributed by atoms with E-state index in [0.29, 0.717) is 34.9 Å². The van der Waals surface area contributed by atoms with Crippen LogP contribution in [-0.4, -0.2) is 53.9 Å². The number of nitrogens with zero attached hydrogens (tertiary/aromatic N) is 3. The lowest BCUT2D eigenvalue weighted by atomic mass is 10.0. The van der Waals surface area contributed by atoms with Crippen LogP contribution in [0.1, 0.15) is 27.8 Å². The number of hydrogen-bond donors (Lipinski definition) is 1. The highest BCUT2D eigenvalue weighted by Gasteiger charge is 2.33. The fourth-order valence-electron chi connectivity index (χ4n) is 3.79. The highest BCUT2D eigenvalue weighted by Crippen LogP contribution is 2.31. The van der Waals surface area contributed by atoms with E-state index in [1.165, 1.54) is 24.6 Å². The molecule has 1 aliphatic rings. The summed E-state index contributed by atoms with van der Waals surface area (Å²) in [4.78, 5) is 34.7. The molecule has 0 unspecified atom stereocenters. The molecule has 1 saturated heterocycles. The summed E-state index contributed by atoms with van der Waals surface area (Å²) in [7, 11) is 2.99. The third-order valence-corrected chi connectivity index (χ3v) is 6.86. The van der Waals surface area contributed by atoms with Crippen molar-refractivity contribution in [2.75, 3.05) is 32.2 Å². The van der Waals surface area contributed by atoms with Crippen molar-refractivity contribution in [2.45, 2.75) is 25.5 Å². The summed E-state index contributed by atoms with van der Waals surface area (Å²) in [6.07, 6.45) is 3.80. The number of methoxy groups -OCH3 is 2. The van der Waals surface area contributed by atoms with Crippen LogP contribution < -0.4 is 10.5 Å². The van der Waals surface area contributed by atoms with E-state index in [1.807, 2.05) is 13.0 Å². The Morgan fingerprint density at radius 2 is 2.21 bits per heavy atom. The van der Waals surface area contributed by atoms with Gasteiger partial charge in [0.05, 0.1) is 30.5 Å². The molecule has 10 heteroatoms. The molecule has 29 heavy (non-hydrogen) atoms. The van der Waals surface area contributed by atoms with Crippen molar-refractivity contribution in [1.82, 2.24) is 14.5 Å². The zero-order chi connectivity index (χ0) is 20.7. The molecule has 0 spiro atoms. The number of halogens is 1. The van der Waals surface area contributed by atoms with Crippen LogP contribution in [0.15, 0.2) is 23.3 Å². The van der Waals surface area contributed by atoms with E-state index in [9.17, 15) is 9.59 Å². The number of thiazole rings is 1. The third-order valence-electron chi connectivity index (χ3n) is 5.33. The van der Waals surface area contributed by atoms with E-state index in [0.717, 1.165) is 16.2 Å². The molecule has 2 atom stereocenters. The summed E-state index contributed by atoms with van der Waals surface area (Å²) < 4.78 is 12.2. The lowest BCUT2D eigenvalue weighted by molar-refractivity contribution is 0.0463. The van der Waals surface area contributed by atoms with Crippen LogP contribution in [0.3, 0.4) is 0 Å². The number of carbonyl (C=O) groups is 1. The van der Waals surface area contributed by atoms with Gasteiger partial charge in [0.1, 0.15) is 10.4 Å². The molecule has 0 amide bonds. The monoisotopic (exact) mass is 436 g/mol. The van der Waals surface area contributed by atoms with E-state index in [2.05, 4.69) is 14.9 Å². The Morgan fingerprint density at radius 1 is 1.41 bits per heavy atom. The summed E-state index contributed by atoms with van der Waals surface area (Å²) >= 11 is 7.57. The van der Waals surface area contributed by atoms with Gasteiger partial charge in [-0.05, 0) is 19.4 Å². The van der Waals surface area contributed by atoms with Crippen LogP contribution in [0.2, 0.25) is 5.02 Å². The van der Waals surface area contributed by atoms with Gasteiger partial charge in [-0.2, -0.15) is 0 Å². The minimum atomic E-state index is -0.397. The number of carbonyl (C=O) groups excluding carboxylic acids is 1. The average Bonchev–Trinajstić information content (AvgIpc) is 3.34. The van der Waals surface area contributed by atoms with Crippen molar-refractivity contribution in [2.24, 2.45) is 0 Å². The molecule has 1 aliphatic heterocycles. The number of ether oxygens (including phenoxy) is 2. The Kier molecular flexibility index (Phi) is 5.37. The molecular formula is C19H21ClN4O4S. The maximum Gasteiger partial charge on any atom is 0.349 e. The molecule has 154 valence electrons. The van der Waals surface area contributed by atoms with Gasteiger partial charge in [-0.1, -0.05) is 22.9 Å². The van der Waals surface area contributed by atoms with Gasteiger partial charge >= 0.3 is 5.97 Å². The molecule has 4 heterocycles. The van der Waals surface area contributed by atoms with Crippen LogP contribution in [-0.2, 0) is 9.47 Å². The predicted molar refractivity (Wildman–Crippen MR) is 112 cm³/mol. The Labute approximate surface area is 176 Å². The van der Waals surface area contributed by atoms with Gasteiger partial charge in [0.25, 0.3) is 5.56 Å². The van der Waals surface area contributed by atoms with Crippen molar-refractivity contribution in [3.63, 3.8) is 0 Å². The zero-order valence-corrected chi connectivity index (χ0v) is 17.8. The summed E-state index contributed by atoms with van der Waals surface area (Å²) in [5.41, 5.74) is 1.18. The number of esters is 1. The lowest BCUT2D eigenvalue weighted by Crippen LogP contribution is -2.47. The number of fused-ring (bicyclic) bond motifs is 1. The number of piperidine rings is 1. The largest absolute Gasteiger partial charge is 0.465 e. The number of aromatic amines is 1. The second-order valence-electron chi connectivity index (χ2n) is 6.96. The predicted octanol–water partition coefficient (Wildman–Crippen LogP) is 3.00. The van der Waals surface area contributed by atoms with Crippen LogP contribution in [0.5, 0.6) is 0 Å². The molecule has 0 bridgehead atoms. The number of hydrogen-bond acceptors (Lipinski definition) is 7. The fourth-order valence-corrected chi connectivity index (χ4v) is 4.87. The van der Waals surface area contributed by atoms with E-state index >= 15 is 0 Å². The Balaban J connectivity index is 1.60. The van der Waals surface area contributed by atoms with E-state index in [1.54, 1.807) is 17.9 Å². The Hall–Kier alpha value is -2.36. The van der Waals surface area contributed by atoms with Gasteiger partial charge in [0, 0.05) is 37.5 Å². The van der Waals surface area contributed by atoms with Crippen LogP contribution in [0, 0.1) is 6.92 Å². The molecule has 8 nitrogen and oxygen atoms in total. The Morgan fingerprint density at radius 3 is 2.93 bits per heavy atom. The van der Waals surface area contributed by atoms with E-state index < -0.39 is 5.97 Å².